The molecule has 0 radical (unpaired) electrons. The molecular formula is C21H21NS+2. The maximum Gasteiger partial charge on any atom is 0.269 e. The second-order valence-corrected chi connectivity index (χ2v) is 6.72. The molecule has 3 aromatic carbocycles. The van der Waals surface area contributed by atoms with Crippen LogP contribution in [0.15, 0.2) is 106 Å². The van der Waals surface area contributed by atoms with Crippen molar-refractivity contribution in [1.29, 1.82) is 0 Å². The maximum absolute atomic E-state index is 3.49. The molecular weight excluding hydrogens is 298 g/mol. The van der Waals surface area contributed by atoms with E-state index in [9.17, 15) is 0 Å². The van der Waals surface area contributed by atoms with Crippen molar-refractivity contribution in [2.75, 3.05) is 7.05 Å². The van der Waals surface area contributed by atoms with E-state index in [0.717, 1.165) is 0 Å². The van der Waals surface area contributed by atoms with Crippen LogP contribution in [0, 0.1) is 6.07 Å². The zero-order chi connectivity index (χ0) is 16.3. The van der Waals surface area contributed by atoms with E-state index in [0.29, 0.717) is 0 Å². The van der Waals surface area contributed by atoms with Gasteiger partial charge in [-0.2, -0.15) is 0 Å². The van der Waals surface area contributed by atoms with Crippen LogP contribution >= 0.6 is 0 Å². The molecule has 0 atom stereocenters. The lowest BCUT2D eigenvalue weighted by molar-refractivity contribution is 1.32. The zero-order valence-corrected chi connectivity index (χ0v) is 14.3. The van der Waals surface area contributed by atoms with Gasteiger partial charge in [-0.3, -0.25) is 0 Å². The number of benzene rings is 3. The molecule has 0 aliphatic carbocycles. The lowest BCUT2D eigenvalue weighted by atomic mass is 10.4. The van der Waals surface area contributed by atoms with Gasteiger partial charge in [-0.05, 0) is 36.4 Å². The van der Waals surface area contributed by atoms with Crippen LogP contribution in [0.2, 0.25) is 0 Å². The molecule has 0 unspecified atom stereocenters. The Morgan fingerprint density at radius 1 is 0.609 bits per heavy atom. The number of nitrogens with zero attached hydrogens (tertiary/aromatic N) is 1. The molecule has 3 aromatic rings. The summed E-state index contributed by atoms with van der Waals surface area (Å²) in [7, 11) is 1.68. The van der Waals surface area contributed by atoms with Crippen molar-refractivity contribution in [3.05, 3.63) is 95.8 Å². The quantitative estimate of drug-likeness (QED) is 0.541. The van der Waals surface area contributed by atoms with E-state index in [-0.39, 0.29) is 10.9 Å². The highest BCUT2D eigenvalue weighted by Crippen LogP contribution is 2.30. The average Bonchev–Trinajstić information content (AvgIpc) is 2.65. The van der Waals surface area contributed by atoms with Gasteiger partial charge in [0, 0.05) is 0 Å². The normalized spacial score (nSPS) is 9.35. The predicted octanol–water partition coefficient (Wildman–Crippen LogP) is 5.75. The van der Waals surface area contributed by atoms with E-state index >= 15 is 0 Å². The molecule has 0 heterocycles. The first-order chi connectivity index (χ1) is 11.4. The zero-order valence-electron chi connectivity index (χ0n) is 13.5. The second kappa shape index (κ2) is 9.50. The Labute approximate surface area is 141 Å². The molecule has 2 heteroatoms. The molecule has 0 aromatic heterocycles. The van der Waals surface area contributed by atoms with Crippen molar-refractivity contribution < 1.29 is 0 Å². The summed E-state index contributed by atoms with van der Waals surface area (Å²) in [6.07, 6.45) is 0. The summed E-state index contributed by atoms with van der Waals surface area (Å²) < 4.78 is 0. The predicted molar refractivity (Wildman–Crippen MR) is 100 cm³/mol. The molecule has 0 amide bonds. The van der Waals surface area contributed by atoms with Crippen LogP contribution in [-0.4, -0.2) is 7.05 Å². The molecule has 0 aliphatic rings. The Morgan fingerprint density at radius 3 is 1.09 bits per heavy atom. The smallest absolute Gasteiger partial charge is 0.0873 e. The van der Waals surface area contributed by atoms with Gasteiger partial charge in [-0.25, -0.2) is 0 Å². The Morgan fingerprint density at radius 2 is 0.870 bits per heavy atom. The first-order valence-electron chi connectivity index (χ1n) is 7.52. The molecule has 0 N–H and O–H groups in total. The monoisotopic (exact) mass is 319 g/mol. The van der Waals surface area contributed by atoms with Gasteiger partial charge in [-0.1, -0.05) is 59.4 Å². The van der Waals surface area contributed by atoms with Gasteiger partial charge in [-0.15, -0.1) is 0 Å². The van der Waals surface area contributed by atoms with Gasteiger partial charge in [0.25, 0.3) is 13.1 Å². The molecule has 0 spiro atoms. The standard InChI is InChI=1S/C18H15S.C3H6N/c1-4-10-16(11-5-1)19(17-12-6-2-7-13-17)18-14-8-3-9-15-18;1-3-4-2/h1-15H;1-2H3/q2*+1. The Kier molecular flexibility index (Phi) is 6.97. The molecule has 114 valence electrons. The van der Waals surface area contributed by atoms with Crippen LogP contribution < -0.4 is 0 Å². The summed E-state index contributed by atoms with van der Waals surface area (Å²) in [5, 5.41) is 0. The van der Waals surface area contributed by atoms with Crippen LogP contribution in [0.1, 0.15) is 6.92 Å². The second-order valence-electron chi connectivity index (χ2n) is 4.69. The molecule has 3 rings (SSSR count). The van der Waals surface area contributed by atoms with Gasteiger partial charge in [0.2, 0.25) is 0 Å². The molecule has 0 saturated heterocycles. The summed E-state index contributed by atoms with van der Waals surface area (Å²) in [4.78, 5) is 7.57. The number of hydrogen-bond donors (Lipinski definition) is 0. The van der Waals surface area contributed by atoms with Gasteiger partial charge < -0.3 is 0 Å². The van der Waals surface area contributed by atoms with Crippen LogP contribution in [0.25, 0.3) is 4.85 Å². The van der Waals surface area contributed by atoms with Crippen molar-refractivity contribution in [1.82, 2.24) is 0 Å². The SMILES string of the molecule is CC#[N+]C.c1ccc([S+](c2ccccc2)c2ccccc2)cc1. The van der Waals surface area contributed by atoms with Gasteiger partial charge >= 0.3 is 0 Å². The molecule has 23 heavy (non-hydrogen) atoms. The van der Waals surface area contributed by atoms with E-state index in [1.54, 1.807) is 14.0 Å². The van der Waals surface area contributed by atoms with Crippen LogP contribution in [0.3, 0.4) is 0 Å². The molecule has 0 bridgehead atoms. The molecule has 0 saturated carbocycles. The molecule has 0 aliphatic heterocycles. The van der Waals surface area contributed by atoms with Gasteiger partial charge in [0.05, 0.1) is 17.8 Å². The Balaban J connectivity index is 0.000000433. The van der Waals surface area contributed by atoms with E-state index in [1.165, 1.54) is 14.7 Å². The Bertz CT molecular complexity index is 643. The van der Waals surface area contributed by atoms with Crippen molar-refractivity contribution in [2.24, 2.45) is 0 Å². The maximum atomic E-state index is 3.49. The highest BCUT2D eigenvalue weighted by atomic mass is 32.2. The largest absolute Gasteiger partial charge is 0.269 e. The van der Waals surface area contributed by atoms with E-state index in [1.807, 2.05) is 0 Å². The first-order valence-corrected chi connectivity index (χ1v) is 8.74. The van der Waals surface area contributed by atoms with E-state index in [2.05, 4.69) is 102 Å². The van der Waals surface area contributed by atoms with Crippen LogP contribution in [0.5, 0.6) is 0 Å². The summed E-state index contributed by atoms with van der Waals surface area (Å²) in [6.45, 7) is 1.76. The van der Waals surface area contributed by atoms with E-state index < -0.39 is 0 Å². The summed E-state index contributed by atoms with van der Waals surface area (Å²) >= 11 is 0. The minimum Gasteiger partial charge on any atom is -0.0873 e. The average molecular weight is 319 g/mol. The topological polar surface area (TPSA) is 4.36 Å². The minimum atomic E-state index is -0.0146. The van der Waals surface area contributed by atoms with Crippen LogP contribution in [-0.2, 0) is 10.9 Å². The van der Waals surface area contributed by atoms with Gasteiger partial charge in [0.15, 0.2) is 14.7 Å². The van der Waals surface area contributed by atoms with Crippen molar-refractivity contribution >= 4 is 10.9 Å². The lowest BCUT2D eigenvalue weighted by Crippen LogP contribution is -2.04. The fourth-order valence-electron chi connectivity index (χ4n) is 2.08. The third kappa shape index (κ3) is 5.02. The number of rotatable bonds is 3. The third-order valence-corrected chi connectivity index (χ3v) is 5.39. The van der Waals surface area contributed by atoms with Crippen LogP contribution in [0.4, 0.5) is 0 Å². The number of hydrogen-bond acceptors (Lipinski definition) is 0. The fraction of sp³-hybridized carbons (Fsp3) is 0.0952. The van der Waals surface area contributed by atoms with Crippen molar-refractivity contribution in [2.45, 2.75) is 21.6 Å². The summed E-state index contributed by atoms with van der Waals surface area (Å²) in [5.41, 5.74) is 0. The fourth-order valence-corrected chi connectivity index (χ4v) is 4.18. The first kappa shape index (κ1) is 16.9. The lowest BCUT2D eigenvalue weighted by Gasteiger charge is -2.07. The molecule has 0 fully saturated rings. The van der Waals surface area contributed by atoms with Crippen molar-refractivity contribution in [3.8, 4) is 6.07 Å². The summed E-state index contributed by atoms with van der Waals surface area (Å²) in [5.74, 6) is 0. The summed E-state index contributed by atoms with van der Waals surface area (Å²) in [6, 6.07) is 34.7. The van der Waals surface area contributed by atoms with E-state index in [4.69, 9.17) is 0 Å². The highest BCUT2D eigenvalue weighted by Gasteiger charge is 2.27. The Hall–Kier alpha value is -2.50. The molecule has 1 nitrogen and oxygen atoms in total. The third-order valence-electron chi connectivity index (χ3n) is 3.16. The van der Waals surface area contributed by atoms with Gasteiger partial charge in [0.1, 0.15) is 0 Å². The minimum absolute atomic E-state index is 0.0146. The van der Waals surface area contributed by atoms with Crippen molar-refractivity contribution in [3.63, 3.8) is 0 Å². The highest BCUT2D eigenvalue weighted by molar-refractivity contribution is 7.97.